The lowest BCUT2D eigenvalue weighted by atomic mass is 10.1. The lowest BCUT2D eigenvalue weighted by Gasteiger charge is -2.16. The summed E-state index contributed by atoms with van der Waals surface area (Å²) in [5, 5.41) is 9.07. The number of benzene rings is 2. The van der Waals surface area contributed by atoms with Gasteiger partial charge >= 0.3 is 5.97 Å². The topological polar surface area (TPSA) is 101 Å². The Morgan fingerprint density at radius 3 is 2.54 bits per heavy atom. The number of rotatable bonds is 4. The number of methoxy groups -OCH3 is 1. The van der Waals surface area contributed by atoms with Gasteiger partial charge in [0.15, 0.2) is 0 Å². The maximum Gasteiger partial charge on any atom is 0.339 e. The summed E-state index contributed by atoms with van der Waals surface area (Å²) in [6.45, 7) is -0.202. The summed E-state index contributed by atoms with van der Waals surface area (Å²) in [5.74, 6) is -1.66. The summed E-state index contributed by atoms with van der Waals surface area (Å²) in [7, 11) is -2.59. The van der Waals surface area contributed by atoms with E-state index in [9.17, 15) is 18.0 Å². The number of hydrogen-bond donors (Lipinski definition) is 1. The van der Waals surface area contributed by atoms with Crippen molar-refractivity contribution in [1.82, 2.24) is 4.31 Å². The molecule has 2 aromatic carbocycles. The number of amides is 1. The number of sulfonamides is 1. The SMILES string of the molecule is COc1cc(CN2C(=O)c3ccccc3S2(=O)=O)ccc1C(=O)O. The van der Waals surface area contributed by atoms with Crippen molar-refractivity contribution in [2.24, 2.45) is 0 Å². The van der Waals surface area contributed by atoms with Gasteiger partial charge in [-0.05, 0) is 29.8 Å². The molecule has 0 saturated carbocycles. The molecule has 7 nitrogen and oxygen atoms in total. The van der Waals surface area contributed by atoms with Gasteiger partial charge in [-0.25, -0.2) is 17.5 Å². The highest BCUT2D eigenvalue weighted by Gasteiger charge is 2.40. The second-order valence-electron chi connectivity index (χ2n) is 5.15. The van der Waals surface area contributed by atoms with Crippen LogP contribution in [-0.2, 0) is 16.6 Å². The van der Waals surface area contributed by atoms with Crippen LogP contribution < -0.4 is 4.74 Å². The first kappa shape index (κ1) is 16.0. The largest absolute Gasteiger partial charge is 0.496 e. The molecule has 0 fully saturated rings. The lowest BCUT2D eigenvalue weighted by Crippen LogP contribution is -2.29. The third kappa shape index (κ3) is 2.41. The first-order valence-corrected chi connectivity index (χ1v) is 8.36. The quantitative estimate of drug-likeness (QED) is 0.904. The van der Waals surface area contributed by atoms with Gasteiger partial charge in [0.25, 0.3) is 15.9 Å². The molecule has 0 bridgehead atoms. The molecule has 1 heterocycles. The Kier molecular flexibility index (Phi) is 3.76. The van der Waals surface area contributed by atoms with E-state index in [2.05, 4.69) is 0 Å². The van der Waals surface area contributed by atoms with Crippen LogP contribution in [-0.4, -0.2) is 36.8 Å². The Morgan fingerprint density at radius 1 is 1.21 bits per heavy atom. The first-order chi connectivity index (χ1) is 11.4. The first-order valence-electron chi connectivity index (χ1n) is 6.92. The maximum absolute atomic E-state index is 12.5. The smallest absolute Gasteiger partial charge is 0.339 e. The van der Waals surface area contributed by atoms with Crippen LogP contribution in [0.3, 0.4) is 0 Å². The highest BCUT2D eigenvalue weighted by Crippen LogP contribution is 2.32. The van der Waals surface area contributed by atoms with Crippen molar-refractivity contribution in [3.63, 3.8) is 0 Å². The van der Waals surface area contributed by atoms with Crippen molar-refractivity contribution < 1.29 is 27.9 Å². The molecule has 3 rings (SSSR count). The van der Waals surface area contributed by atoms with E-state index in [1.165, 1.54) is 37.4 Å². The van der Waals surface area contributed by atoms with Gasteiger partial charge in [-0.3, -0.25) is 4.79 Å². The Bertz CT molecular complexity index is 951. The number of ether oxygens (including phenoxy) is 1. The van der Waals surface area contributed by atoms with Gasteiger partial charge in [-0.15, -0.1) is 0 Å². The predicted octanol–water partition coefficient (Wildman–Crippen LogP) is 1.74. The number of carboxylic acid groups (broad SMARTS) is 1. The molecule has 1 aliphatic heterocycles. The van der Waals surface area contributed by atoms with Crippen LogP contribution in [0.15, 0.2) is 47.4 Å². The standard InChI is InChI=1S/C16H13NO6S/c1-23-13-8-10(6-7-11(13)16(19)20)9-17-15(18)12-4-2-3-5-14(12)24(17,21)22/h2-8H,9H2,1H3,(H,19,20). The van der Waals surface area contributed by atoms with E-state index in [-0.39, 0.29) is 28.3 Å². The molecule has 0 atom stereocenters. The van der Waals surface area contributed by atoms with Crippen molar-refractivity contribution in [1.29, 1.82) is 0 Å². The Hall–Kier alpha value is -2.87. The van der Waals surface area contributed by atoms with Gasteiger partial charge in [0, 0.05) is 0 Å². The summed E-state index contributed by atoms with van der Waals surface area (Å²) in [6, 6.07) is 10.2. The van der Waals surface area contributed by atoms with Crippen molar-refractivity contribution in [3.8, 4) is 5.75 Å². The average molecular weight is 347 g/mol. The number of fused-ring (bicyclic) bond motifs is 1. The lowest BCUT2D eigenvalue weighted by molar-refractivity contribution is 0.0692. The minimum atomic E-state index is -3.91. The van der Waals surface area contributed by atoms with Gasteiger partial charge in [-0.2, -0.15) is 0 Å². The molecule has 0 spiro atoms. The number of nitrogens with zero attached hydrogens (tertiary/aromatic N) is 1. The van der Waals surface area contributed by atoms with Crippen molar-refractivity contribution >= 4 is 21.9 Å². The van der Waals surface area contributed by atoms with Gasteiger partial charge in [0.2, 0.25) is 0 Å². The molecule has 8 heteroatoms. The summed E-state index contributed by atoms with van der Waals surface area (Å²) >= 11 is 0. The molecule has 124 valence electrons. The number of aromatic carboxylic acids is 1. The van der Waals surface area contributed by atoms with Crippen LogP contribution in [0.5, 0.6) is 5.75 Å². The number of carbonyl (C=O) groups is 2. The Labute approximate surface area is 138 Å². The zero-order valence-electron chi connectivity index (χ0n) is 12.6. The number of carbonyl (C=O) groups excluding carboxylic acids is 1. The summed E-state index contributed by atoms with van der Waals surface area (Å²) < 4.78 is 30.8. The third-order valence-electron chi connectivity index (χ3n) is 3.73. The van der Waals surface area contributed by atoms with E-state index in [1.54, 1.807) is 12.1 Å². The monoisotopic (exact) mass is 347 g/mol. The highest BCUT2D eigenvalue weighted by molar-refractivity contribution is 7.90. The van der Waals surface area contributed by atoms with Crippen LogP contribution in [0.25, 0.3) is 0 Å². The summed E-state index contributed by atoms with van der Waals surface area (Å²) in [4.78, 5) is 23.4. The van der Waals surface area contributed by atoms with Crippen molar-refractivity contribution in [2.75, 3.05) is 7.11 Å². The normalized spacial score (nSPS) is 15.2. The molecule has 0 unspecified atom stereocenters. The fourth-order valence-electron chi connectivity index (χ4n) is 2.56. The predicted molar refractivity (Wildman–Crippen MR) is 83.5 cm³/mol. The van der Waals surface area contributed by atoms with Crippen molar-refractivity contribution in [3.05, 3.63) is 59.2 Å². The second kappa shape index (κ2) is 5.64. The summed E-state index contributed by atoms with van der Waals surface area (Å²) in [6.07, 6.45) is 0. The second-order valence-corrected chi connectivity index (χ2v) is 6.98. The van der Waals surface area contributed by atoms with E-state index in [1.807, 2.05) is 0 Å². The molecular formula is C16H13NO6S. The summed E-state index contributed by atoms with van der Waals surface area (Å²) in [5.41, 5.74) is 0.536. The minimum Gasteiger partial charge on any atom is -0.496 e. The number of carboxylic acids is 1. The van der Waals surface area contributed by atoms with E-state index >= 15 is 0 Å². The van der Waals surface area contributed by atoms with Gasteiger partial charge in [0.05, 0.1) is 19.2 Å². The van der Waals surface area contributed by atoms with Gasteiger partial charge in [0.1, 0.15) is 16.2 Å². The minimum absolute atomic E-state index is 0.0240. The van der Waals surface area contributed by atoms with Crippen LogP contribution in [0.4, 0.5) is 0 Å². The fraction of sp³-hybridized carbons (Fsp3) is 0.125. The van der Waals surface area contributed by atoms with E-state index in [0.29, 0.717) is 5.56 Å². The molecule has 1 amide bonds. The van der Waals surface area contributed by atoms with Crippen LogP contribution >= 0.6 is 0 Å². The molecule has 1 N–H and O–H groups in total. The van der Waals surface area contributed by atoms with Gasteiger partial charge in [-0.1, -0.05) is 18.2 Å². The average Bonchev–Trinajstić information content (AvgIpc) is 2.76. The van der Waals surface area contributed by atoms with E-state index in [0.717, 1.165) is 4.31 Å². The molecule has 0 aliphatic carbocycles. The zero-order chi connectivity index (χ0) is 17.5. The van der Waals surface area contributed by atoms with Gasteiger partial charge < -0.3 is 9.84 Å². The molecule has 2 aromatic rings. The molecule has 0 aromatic heterocycles. The fourth-order valence-corrected chi connectivity index (χ4v) is 4.12. The molecule has 24 heavy (non-hydrogen) atoms. The molecule has 0 radical (unpaired) electrons. The molecule has 0 saturated heterocycles. The Balaban J connectivity index is 1.98. The van der Waals surface area contributed by atoms with Crippen LogP contribution in [0, 0.1) is 0 Å². The number of hydrogen-bond acceptors (Lipinski definition) is 5. The van der Waals surface area contributed by atoms with Crippen molar-refractivity contribution in [2.45, 2.75) is 11.4 Å². The maximum atomic E-state index is 12.5. The third-order valence-corrected chi connectivity index (χ3v) is 5.52. The molecule has 1 aliphatic rings. The zero-order valence-corrected chi connectivity index (χ0v) is 13.4. The highest BCUT2D eigenvalue weighted by atomic mass is 32.2. The van der Waals surface area contributed by atoms with Crippen LogP contribution in [0.2, 0.25) is 0 Å². The van der Waals surface area contributed by atoms with Crippen LogP contribution in [0.1, 0.15) is 26.3 Å². The van der Waals surface area contributed by atoms with E-state index < -0.39 is 21.9 Å². The molecular weight excluding hydrogens is 334 g/mol. The van der Waals surface area contributed by atoms with E-state index in [4.69, 9.17) is 9.84 Å². The Morgan fingerprint density at radius 2 is 1.92 bits per heavy atom.